The zero-order valence-electron chi connectivity index (χ0n) is 15.8. The van der Waals surface area contributed by atoms with E-state index in [1.54, 1.807) is 0 Å². The maximum Gasteiger partial charge on any atom is 0.158 e. The Morgan fingerprint density at radius 2 is 1.62 bits per heavy atom. The molecule has 1 aromatic carbocycles. The third-order valence-corrected chi connectivity index (χ3v) is 4.16. The summed E-state index contributed by atoms with van der Waals surface area (Å²) >= 11 is 0. The van der Waals surface area contributed by atoms with Gasteiger partial charge in [0, 0.05) is 19.2 Å². The van der Waals surface area contributed by atoms with Crippen LogP contribution in [0.3, 0.4) is 0 Å². The fourth-order valence-corrected chi connectivity index (χ4v) is 3.00. The topological polar surface area (TPSA) is 43.1 Å². The van der Waals surface area contributed by atoms with E-state index in [1.165, 1.54) is 29.5 Å². The van der Waals surface area contributed by atoms with Gasteiger partial charge in [-0.2, -0.15) is 0 Å². The van der Waals surface area contributed by atoms with E-state index in [2.05, 4.69) is 61.6 Å². The number of aryl methyl sites for hydroxylation is 4. The van der Waals surface area contributed by atoms with E-state index >= 15 is 0 Å². The highest BCUT2D eigenvalue weighted by molar-refractivity contribution is 5.59. The van der Waals surface area contributed by atoms with E-state index in [-0.39, 0.29) is 0 Å². The van der Waals surface area contributed by atoms with Crippen molar-refractivity contribution in [3.63, 3.8) is 0 Å². The predicted octanol–water partition coefficient (Wildman–Crippen LogP) is 4.90. The number of rotatable bonds is 7. The fourth-order valence-electron chi connectivity index (χ4n) is 3.00. The quantitative estimate of drug-likeness (QED) is 0.727. The molecule has 24 heavy (non-hydrogen) atoms. The van der Waals surface area contributed by atoms with E-state index < -0.39 is 0 Å². The largest absolute Gasteiger partial charge is 0.357 e. The van der Waals surface area contributed by atoms with Crippen LogP contribution in [0.2, 0.25) is 0 Å². The average molecular weight is 325 g/mol. The highest BCUT2D eigenvalue weighted by Gasteiger charge is 2.12. The molecule has 0 bridgehead atoms. The van der Waals surface area contributed by atoms with Crippen molar-refractivity contribution in [3.05, 3.63) is 40.7 Å². The Balaban J connectivity index is 2.32. The Hall–Kier alpha value is -2.10. The summed E-state index contributed by atoms with van der Waals surface area (Å²) in [5, 5.41) is 4.82. The Kier molecular flexibility index (Phi) is 6.18. The number of unbranched alkanes of at least 4 members (excludes halogenated alkanes) is 1. The molecule has 0 aliphatic heterocycles. The molecule has 0 saturated heterocycles. The lowest BCUT2D eigenvalue weighted by atomic mass is 10.1. The monoisotopic (exact) mass is 325 g/mol. The van der Waals surface area contributed by atoms with Gasteiger partial charge in [0.15, 0.2) is 5.82 Å². The molecule has 0 spiro atoms. The van der Waals surface area contributed by atoms with Crippen molar-refractivity contribution in [1.82, 2.24) is 15.3 Å². The molecule has 1 aromatic heterocycles. The summed E-state index contributed by atoms with van der Waals surface area (Å²) in [7, 11) is 0. The van der Waals surface area contributed by atoms with Gasteiger partial charge in [0.2, 0.25) is 0 Å². The van der Waals surface area contributed by atoms with Gasteiger partial charge in [-0.15, -0.1) is 0 Å². The van der Waals surface area contributed by atoms with Crippen molar-refractivity contribution < 1.29 is 0 Å². The summed E-state index contributed by atoms with van der Waals surface area (Å²) < 4.78 is 0. The lowest BCUT2D eigenvalue weighted by Gasteiger charge is -2.22. The molecule has 2 aromatic rings. The zero-order chi connectivity index (χ0) is 17.7. The van der Waals surface area contributed by atoms with Crippen molar-refractivity contribution in [2.24, 2.45) is 0 Å². The minimum Gasteiger partial charge on any atom is -0.357 e. The fraction of sp³-hybridized carbons (Fsp3) is 0.500. The molecular weight excluding hydrogens is 296 g/mol. The molecule has 0 aliphatic carbocycles. The molecule has 2 rings (SSSR count). The summed E-state index contributed by atoms with van der Waals surface area (Å²) in [6.07, 6.45) is 2.35. The SMILES string of the molecule is CCCCN(CC)c1cc([N]c2c(C)cc(C)cc2C)nc(C)n1. The second-order valence-corrected chi connectivity index (χ2v) is 6.42. The summed E-state index contributed by atoms with van der Waals surface area (Å²) in [5.41, 5.74) is 4.65. The molecule has 1 radical (unpaired) electrons. The molecule has 0 aliphatic rings. The Morgan fingerprint density at radius 3 is 2.21 bits per heavy atom. The van der Waals surface area contributed by atoms with Gasteiger partial charge in [-0.1, -0.05) is 31.0 Å². The lowest BCUT2D eigenvalue weighted by Crippen LogP contribution is -2.25. The van der Waals surface area contributed by atoms with Crippen molar-refractivity contribution >= 4 is 17.3 Å². The number of benzene rings is 1. The predicted molar refractivity (Wildman–Crippen MR) is 102 cm³/mol. The van der Waals surface area contributed by atoms with E-state index in [9.17, 15) is 0 Å². The van der Waals surface area contributed by atoms with Crippen LogP contribution in [0.5, 0.6) is 0 Å². The van der Waals surface area contributed by atoms with Crippen LogP contribution >= 0.6 is 0 Å². The van der Waals surface area contributed by atoms with Crippen LogP contribution in [0.25, 0.3) is 0 Å². The normalized spacial score (nSPS) is 10.8. The van der Waals surface area contributed by atoms with Crippen LogP contribution in [0.4, 0.5) is 17.3 Å². The van der Waals surface area contributed by atoms with Crippen LogP contribution in [0.15, 0.2) is 18.2 Å². The van der Waals surface area contributed by atoms with Gasteiger partial charge < -0.3 is 4.90 Å². The maximum absolute atomic E-state index is 4.82. The van der Waals surface area contributed by atoms with Gasteiger partial charge in [-0.25, -0.2) is 15.3 Å². The van der Waals surface area contributed by atoms with Crippen LogP contribution in [-0.4, -0.2) is 23.1 Å². The van der Waals surface area contributed by atoms with Crippen LogP contribution in [0.1, 0.15) is 49.2 Å². The molecular formula is C20H29N4. The molecule has 0 fully saturated rings. The first-order chi connectivity index (χ1) is 11.4. The number of hydrogen-bond acceptors (Lipinski definition) is 3. The third kappa shape index (κ3) is 4.47. The Bertz CT molecular complexity index is 671. The van der Waals surface area contributed by atoms with Gasteiger partial charge >= 0.3 is 0 Å². The van der Waals surface area contributed by atoms with Gasteiger partial charge in [0.05, 0.1) is 5.69 Å². The molecule has 0 amide bonds. The standard InChI is InChI=1S/C20H29N4/c1-7-9-10-24(8-2)19-13-18(21-17(6)22-19)23-20-15(4)11-14(3)12-16(20)5/h11-13H,7-10H2,1-6H3. The second kappa shape index (κ2) is 8.13. The summed E-state index contributed by atoms with van der Waals surface area (Å²) in [6, 6.07) is 6.34. The summed E-state index contributed by atoms with van der Waals surface area (Å²) in [4.78, 5) is 11.4. The molecule has 0 unspecified atom stereocenters. The Morgan fingerprint density at radius 1 is 0.958 bits per heavy atom. The van der Waals surface area contributed by atoms with Gasteiger partial charge in [0.25, 0.3) is 0 Å². The molecule has 4 heteroatoms. The van der Waals surface area contributed by atoms with Crippen molar-refractivity contribution in [1.29, 1.82) is 0 Å². The molecule has 0 atom stereocenters. The highest BCUT2D eigenvalue weighted by atomic mass is 15.2. The van der Waals surface area contributed by atoms with Crippen LogP contribution in [-0.2, 0) is 0 Å². The smallest absolute Gasteiger partial charge is 0.158 e. The van der Waals surface area contributed by atoms with Crippen molar-refractivity contribution in [2.75, 3.05) is 18.0 Å². The van der Waals surface area contributed by atoms with Gasteiger partial charge in [-0.3, -0.25) is 0 Å². The average Bonchev–Trinajstić information content (AvgIpc) is 2.51. The molecule has 1 heterocycles. The second-order valence-electron chi connectivity index (χ2n) is 6.42. The third-order valence-electron chi connectivity index (χ3n) is 4.16. The minimum atomic E-state index is 0.738. The van der Waals surface area contributed by atoms with E-state index in [0.717, 1.165) is 36.2 Å². The van der Waals surface area contributed by atoms with Gasteiger partial charge in [-0.05, 0) is 52.2 Å². The number of aromatic nitrogens is 2. The number of nitrogens with zero attached hydrogens (tertiary/aromatic N) is 4. The van der Waals surface area contributed by atoms with Crippen LogP contribution < -0.4 is 10.2 Å². The summed E-state index contributed by atoms with van der Waals surface area (Å²) in [6.45, 7) is 14.6. The highest BCUT2D eigenvalue weighted by Crippen LogP contribution is 2.27. The lowest BCUT2D eigenvalue weighted by molar-refractivity contribution is 0.720. The zero-order valence-corrected chi connectivity index (χ0v) is 15.8. The van der Waals surface area contributed by atoms with E-state index in [0.29, 0.717) is 0 Å². The van der Waals surface area contributed by atoms with Gasteiger partial charge in [0.1, 0.15) is 11.6 Å². The molecule has 0 N–H and O–H groups in total. The number of hydrogen-bond donors (Lipinski definition) is 0. The summed E-state index contributed by atoms with van der Waals surface area (Å²) in [5.74, 6) is 2.48. The van der Waals surface area contributed by atoms with E-state index in [1.807, 2.05) is 13.0 Å². The minimum absolute atomic E-state index is 0.738. The van der Waals surface area contributed by atoms with Crippen molar-refractivity contribution in [2.45, 2.75) is 54.4 Å². The molecule has 129 valence electrons. The van der Waals surface area contributed by atoms with Crippen molar-refractivity contribution in [3.8, 4) is 0 Å². The number of anilines is 1. The molecule has 4 nitrogen and oxygen atoms in total. The Labute approximate surface area is 146 Å². The first-order valence-electron chi connectivity index (χ1n) is 8.84. The first-order valence-corrected chi connectivity index (χ1v) is 8.84. The van der Waals surface area contributed by atoms with Crippen LogP contribution in [0, 0.1) is 27.7 Å². The molecule has 0 saturated carbocycles. The first kappa shape index (κ1) is 18.2. The van der Waals surface area contributed by atoms with E-state index in [4.69, 9.17) is 5.32 Å². The maximum atomic E-state index is 4.82.